The first kappa shape index (κ1) is 14.2. The molecular formula is C14H10Cl3NO. The molecule has 0 bridgehead atoms. The second-order valence-corrected chi connectivity index (χ2v) is 5.22. The molecule has 5 heteroatoms. The van der Waals surface area contributed by atoms with Gasteiger partial charge in [0.25, 0.3) is 5.91 Å². The summed E-state index contributed by atoms with van der Waals surface area (Å²) in [5.74, 6) is -0.260. The number of carbonyl (C=O) groups excluding carboxylic acids is 1. The van der Waals surface area contributed by atoms with Gasteiger partial charge < -0.3 is 5.32 Å². The molecule has 2 nitrogen and oxygen atoms in total. The molecule has 19 heavy (non-hydrogen) atoms. The predicted octanol–water partition coefficient (Wildman–Crippen LogP) is 5.21. The van der Waals surface area contributed by atoms with E-state index in [0.29, 0.717) is 26.3 Å². The van der Waals surface area contributed by atoms with Crippen molar-refractivity contribution in [3.8, 4) is 0 Å². The molecule has 1 N–H and O–H groups in total. The molecule has 1 amide bonds. The molecule has 2 aromatic rings. The van der Waals surface area contributed by atoms with Gasteiger partial charge in [0.1, 0.15) is 0 Å². The number of benzene rings is 2. The molecule has 0 atom stereocenters. The maximum absolute atomic E-state index is 12.1. The topological polar surface area (TPSA) is 29.1 Å². The summed E-state index contributed by atoms with van der Waals surface area (Å²) in [7, 11) is 0. The lowest BCUT2D eigenvalue weighted by Crippen LogP contribution is -2.12. The number of hydrogen-bond donors (Lipinski definition) is 1. The van der Waals surface area contributed by atoms with E-state index in [1.165, 1.54) is 6.07 Å². The Balaban J connectivity index is 2.26. The van der Waals surface area contributed by atoms with E-state index in [9.17, 15) is 4.79 Å². The molecule has 2 rings (SSSR count). The summed E-state index contributed by atoms with van der Waals surface area (Å²) in [5.41, 5.74) is 1.93. The number of rotatable bonds is 2. The van der Waals surface area contributed by atoms with Crippen LogP contribution in [0, 0.1) is 6.92 Å². The normalized spacial score (nSPS) is 10.3. The second-order valence-electron chi connectivity index (χ2n) is 4.00. The average Bonchev–Trinajstić information content (AvgIpc) is 2.38. The van der Waals surface area contributed by atoms with Crippen molar-refractivity contribution in [1.82, 2.24) is 0 Å². The third-order valence-electron chi connectivity index (χ3n) is 2.70. The van der Waals surface area contributed by atoms with E-state index in [-0.39, 0.29) is 5.91 Å². The third kappa shape index (κ3) is 3.21. The first-order valence-corrected chi connectivity index (χ1v) is 6.64. The quantitative estimate of drug-likeness (QED) is 0.810. The molecule has 0 aliphatic rings. The van der Waals surface area contributed by atoms with Crippen LogP contribution in [0.4, 0.5) is 5.69 Å². The van der Waals surface area contributed by atoms with Gasteiger partial charge in [-0.2, -0.15) is 0 Å². The predicted molar refractivity (Wildman–Crippen MR) is 80.6 cm³/mol. The van der Waals surface area contributed by atoms with Crippen LogP contribution in [0.5, 0.6) is 0 Å². The largest absolute Gasteiger partial charge is 0.322 e. The SMILES string of the molecule is Cc1c(Cl)cccc1NC(=O)c1ccc(Cl)c(Cl)c1. The fraction of sp³-hybridized carbons (Fsp3) is 0.0714. The summed E-state index contributed by atoms with van der Waals surface area (Å²) in [4.78, 5) is 12.1. The Morgan fingerprint density at radius 3 is 2.42 bits per heavy atom. The smallest absolute Gasteiger partial charge is 0.255 e. The fourth-order valence-electron chi connectivity index (χ4n) is 1.57. The van der Waals surface area contributed by atoms with Crippen molar-refractivity contribution >= 4 is 46.4 Å². The third-order valence-corrected chi connectivity index (χ3v) is 3.85. The molecule has 0 fully saturated rings. The van der Waals surface area contributed by atoms with Crippen LogP contribution in [0.15, 0.2) is 36.4 Å². The van der Waals surface area contributed by atoms with Gasteiger partial charge >= 0.3 is 0 Å². The summed E-state index contributed by atoms with van der Waals surface area (Å²) in [6.45, 7) is 1.84. The zero-order valence-electron chi connectivity index (χ0n) is 10.0. The highest BCUT2D eigenvalue weighted by Crippen LogP contribution is 2.25. The first-order valence-electron chi connectivity index (χ1n) is 5.50. The van der Waals surface area contributed by atoms with E-state index < -0.39 is 0 Å². The van der Waals surface area contributed by atoms with Crippen molar-refractivity contribution in [2.45, 2.75) is 6.92 Å². The average molecular weight is 315 g/mol. The number of amides is 1. The number of carbonyl (C=O) groups is 1. The van der Waals surface area contributed by atoms with E-state index in [4.69, 9.17) is 34.8 Å². The van der Waals surface area contributed by atoms with Gasteiger partial charge in [-0.05, 0) is 42.8 Å². The number of anilines is 1. The van der Waals surface area contributed by atoms with Gasteiger partial charge in [0.05, 0.1) is 10.0 Å². The second kappa shape index (κ2) is 5.83. The van der Waals surface area contributed by atoms with Crippen molar-refractivity contribution in [1.29, 1.82) is 0 Å². The van der Waals surface area contributed by atoms with Gasteiger partial charge in [0.15, 0.2) is 0 Å². The van der Waals surface area contributed by atoms with Gasteiger partial charge in [-0.1, -0.05) is 40.9 Å². The van der Waals surface area contributed by atoms with E-state index in [1.54, 1.807) is 30.3 Å². The van der Waals surface area contributed by atoms with E-state index in [2.05, 4.69) is 5.32 Å². The van der Waals surface area contributed by atoms with Crippen LogP contribution in [0.3, 0.4) is 0 Å². The molecular weight excluding hydrogens is 305 g/mol. The van der Waals surface area contributed by atoms with Crippen molar-refractivity contribution in [3.63, 3.8) is 0 Å². The van der Waals surface area contributed by atoms with Gasteiger partial charge in [0.2, 0.25) is 0 Å². The van der Waals surface area contributed by atoms with Crippen LogP contribution >= 0.6 is 34.8 Å². The number of nitrogens with one attached hydrogen (secondary N) is 1. The molecule has 0 unspecified atom stereocenters. The van der Waals surface area contributed by atoms with E-state index in [0.717, 1.165) is 5.56 Å². The van der Waals surface area contributed by atoms with Crippen LogP contribution in [-0.4, -0.2) is 5.91 Å². The summed E-state index contributed by atoms with van der Waals surface area (Å²) in [6, 6.07) is 10.1. The number of halogens is 3. The Morgan fingerprint density at radius 2 is 1.74 bits per heavy atom. The monoisotopic (exact) mass is 313 g/mol. The van der Waals surface area contributed by atoms with E-state index >= 15 is 0 Å². The zero-order valence-corrected chi connectivity index (χ0v) is 12.3. The Morgan fingerprint density at radius 1 is 1.00 bits per heavy atom. The van der Waals surface area contributed by atoms with Crippen molar-refractivity contribution < 1.29 is 4.79 Å². The van der Waals surface area contributed by atoms with Crippen LogP contribution < -0.4 is 5.32 Å². The standard InChI is InChI=1S/C14H10Cl3NO/c1-8-10(15)3-2-4-13(8)18-14(19)9-5-6-11(16)12(17)7-9/h2-7H,1H3,(H,18,19). The van der Waals surface area contributed by atoms with Crippen LogP contribution in [-0.2, 0) is 0 Å². The highest BCUT2D eigenvalue weighted by Gasteiger charge is 2.10. The molecule has 0 aliphatic heterocycles. The molecule has 98 valence electrons. The van der Waals surface area contributed by atoms with Crippen LogP contribution in [0.1, 0.15) is 15.9 Å². The minimum Gasteiger partial charge on any atom is -0.322 e. The Kier molecular flexibility index (Phi) is 4.35. The van der Waals surface area contributed by atoms with Crippen molar-refractivity contribution in [2.75, 3.05) is 5.32 Å². The molecule has 0 aliphatic carbocycles. The van der Waals surface area contributed by atoms with Gasteiger partial charge in [-0.3, -0.25) is 4.79 Å². The molecule has 0 radical (unpaired) electrons. The van der Waals surface area contributed by atoms with Gasteiger partial charge in [0, 0.05) is 16.3 Å². The minimum atomic E-state index is -0.260. The highest BCUT2D eigenvalue weighted by molar-refractivity contribution is 6.42. The highest BCUT2D eigenvalue weighted by atomic mass is 35.5. The van der Waals surface area contributed by atoms with Gasteiger partial charge in [-0.15, -0.1) is 0 Å². The summed E-state index contributed by atoms with van der Waals surface area (Å²) >= 11 is 17.7. The Bertz CT molecular complexity index is 641. The molecule has 0 heterocycles. The van der Waals surface area contributed by atoms with Crippen molar-refractivity contribution in [3.05, 3.63) is 62.6 Å². The Hall–Kier alpha value is -1.22. The fourth-order valence-corrected chi connectivity index (χ4v) is 2.05. The Labute approximate surface area is 126 Å². The van der Waals surface area contributed by atoms with E-state index in [1.807, 2.05) is 6.92 Å². The maximum atomic E-state index is 12.1. The minimum absolute atomic E-state index is 0.260. The van der Waals surface area contributed by atoms with Gasteiger partial charge in [-0.25, -0.2) is 0 Å². The summed E-state index contributed by atoms with van der Waals surface area (Å²) < 4.78 is 0. The zero-order chi connectivity index (χ0) is 14.0. The lowest BCUT2D eigenvalue weighted by Gasteiger charge is -2.09. The summed E-state index contributed by atoms with van der Waals surface area (Å²) in [5, 5.41) is 4.15. The molecule has 0 saturated carbocycles. The number of hydrogen-bond acceptors (Lipinski definition) is 1. The first-order chi connectivity index (χ1) is 8.99. The molecule has 2 aromatic carbocycles. The van der Waals surface area contributed by atoms with Crippen LogP contribution in [0.2, 0.25) is 15.1 Å². The lowest BCUT2D eigenvalue weighted by atomic mass is 10.1. The van der Waals surface area contributed by atoms with Crippen LogP contribution in [0.25, 0.3) is 0 Å². The molecule has 0 aromatic heterocycles. The molecule has 0 spiro atoms. The maximum Gasteiger partial charge on any atom is 0.255 e. The van der Waals surface area contributed by atoms with Crippen molar-refractivity contribution in [2.24, 2.45) is 0 Å². The summed E-state index contributed by atoms with van der Waals surface area (Å²) in [6.07, 6.45) is 0. The lowest BCUT2D eigenvalue weighted by molar-refractivity contribution is 0.102. The molecule has 0 saturated heterocycles.